The number of carboxylic acids is 1. The van der Waals surface area contributed by atoms with E-state index < -0.39 is 35.1 Å². The Hall–Kier alpha value is -5.20. The van der Waals surface area contributed by atoms with E-state index in [1.807, 2.05) is 0 Å². The van der Waals surface area contributed by atoms with Gasteiger partial charge in [-0.05, 0) is 55.8 Å². The maximum absolute atomic E-state index is 13.8. The molecule has 0 unspecified atom stereocenters. The number of carbonyl (C=O) groups excluding carboxylic acids is 2. The number of nitrogens with zero attached hydrogens (tertiary/aromatic N) is 3. The second kappa shape index (κ2) is 11.1. The number of amides is 2. The molecule has 0 spiro atoms. The third-order valence-corrected chi connectivity index (χ3v) is 6.27. The summed E-state index contributed by atoms with van der Waals surface area (Å²) in [6.45, 7) is 6.52. The Balaban J connectivity index is 1.75. The first-order valence-electron chi connectivity index (χ1n) is 12.2. The molecule has 41 heavy (non-hydrogen) atoms. The number of benzene rings is 2. The summed E-state index contributed by atoms with van der Waals surface area (Å²) in [7, 11) is 0. The van der Waals surface area contributed by atoms with E-state index in [0.717, 1.165) is 30.3 Å². The molecule has 3 N–H and O–H groups in total. The van der Waals surface area contributed by atoms with Gasteiger partial charge in [-0.2, -0.15) is 13.2 Å². The number of aryl methyl sites for hydroxylation is 2. The molecular weight excluding hydrogens is 543 g/mol. The van der Waals surface area contributed by atoms with Crippen LogP contribution in [-0.2, 0) is 28.7 Å². The van der Waals surface area contributed by atoms with Crippen LogP contribution in [0.3, 0.4) is 0 Å². The van der Waals surface area contributed by atoms with Crippen LogP contribution >= 0.6 is 0 Å². The van der Waals surface area contributed by atoms with Crippen LogP contribution in [0, 0.1) is 6.92 Å². The summed E-state index contributed by atoms with van der Waals surface area (Å²) >= 11 is 0. The number of carbonyl (C=O) groups is 3. The molecule has 4 rings (SSSR count). The monoisotopic (exact) mass is 567 g/mol. The first kappa shape index (κ1) is 28.8. The fraction of sp³-hybridized carbons (Fsp3) is 0.179. The van der Waals surface area contributed by atoms with E-state index >= 15 is 0 Å². The molecule has 0 bridgehead atoms. The Morgan fingerprint density at radius 2 is 1.78 bits per heavy atom. The van der Waals surface area contributed by atoms with Gasteiger partial charge in [0.05, 0.1) is 22.4 Å². The average molecular weight is 568 g/mol. The van der Waals surface area contributed by atoms with Crippen molar-refractivity contribution in [2.75, 3.05) is 10.6 Å². The summed E-state index contributed by atoms with van der Waals surface area (Å²) in [6.07, 6.45) is -1.74. The highest BCUT2D eigenvalue weighted by Crippen LogP contribution is 2.31. The summed E-state index contributed by atoms with van der Waals surface area (Å²) in [6, 6.07) is 7.95. The van der Waals surface area contributed by atoms with Gasteiger partial charge in [-0.1, -0.05) is 19.6 Å². The Bertz CT molecular complexity index is 1750. The topological polar surface area (TPSA) is 135 Å². The van der Waals surface area contributed by atoms with Gasteiger partial charge in [0.2, 0.25) is 17.6 Å². The number of anilines is 2. The second-order valence-electron chi connectivity index (χ2n) is 9.00. The van der Waals surface area contributed by atoms with Crippen LogP contribution in [0.4, 0.5) is 24.5 Å². The minimum absolute atomic E-state index is 0.0791. The Kier molecular flexibility index (Phi) is 7.81. The molecule has 2 amide bonds. The molecule has 0 saturated carbocycles. The first-order valence-corrected chi connectivity index (χ1v) is 12.2. The van der Waals surface area contributed by atoms with E-state index in [1.54, 1.807) is 13.8 Å². The number of alkyl halides is 3. The van der Waals surface area contributed by atoms with Crippen molar-refractivity contribution < 1.29 is 32.7 Å². The van der Waals surface area contributed by atoms with E-state index in [4.69, 9.17) is 0 Å². The minimum atomic E-state index is -4.51. The lowest BCUT2D eigenvalue weighted by molar-refractivity contribution is -0.137. The quantitative estimate of drug-likeness (QED) is 0.268. The largest absolute Gasteiger partial charge is 0.478 e. The lowest BCUT2D eigenvalue weighted by Gasteiger charge is -2.14. The molecule has 13 heteroatoms. The molecule has 0 saturated heterocycles. The summed E-state index contributed by atoms with van der Waals surface area (Å²) in [4.78, 5) is 54.8. The molecular formula is C28H24F3N5O5. The zero-order valence-electron chi connectivity index (χ0n) is 21.9. The zero-order chi connectivity index (χ0) is 30.1. The molecule has 10 nitrogen and oxygen atoms in total. The van der Waals surface area contributed by atoms with Gasteiger partial charge in [-0.15, -0.1) is 0 Å². The number of rotatable bonds is 8. The third-order valence-electron chi connectivity index (χ3n) is 6.27. The van der Waals surface area contributed by atoms with Crippen LogP contribution < -0.4 is 16.2 Å². The standard InChI is InChI=1S/C28H24F3N5O5/c1-4-20-24(19-11-6-16(26(40)41)12-21(19)33-22(37)5-2)25(39)36-13-15(3)35(27(36)34-20)14-23(38)32-18-9-7-17(8-10-18)28(29,30)31/h5-13H,2,4,14H2,1,3H3,(H,32,38)(H,33,37)(H,40,41). The number of aromatic carboxylic acids is 1. The SMILES string of the molecule is C=CC(=O)Nc1cc(C(=O)O)ccc1-c1c(CC)nc2n(CC(=O)Nc3ccc(C(F)(F)F)cc3)c(C)cn2c1=O. The number of hydrogen-bond donors (Lipinski definition) is 3. The Morgan fingerprint density at radius 1 is 1.10 bits per heavy atom. The Labute approximate surface area is 230 Å². The maximum atomic E-state index is 13.8. The number of fused-ring (bicyclic) bond motifs is 1. The molecule has 2 heterocycles. The normalized spacial score (nSPS) is 11.3. The lowest BCUT2D eigenvalue weighted by atomic mass is 9.99. The fourth-order valence-corrected chi connectivity index (χ4v) is 4.28. The maximum Gasteiger partial charge on any atom is 0.416 e. The van der Waals surface area contributed by atoms with Crippen molar-refractivity contribution >= 4 is 34.9 Å². The number of halogens is 3. The van der Waals surface area contributed by atoms with Gasteiger partial charge in [0.25, 0.3) is 5.56 Å². The lowest BCUT2D eigenvalue weighted by Crippen LogP contribution is -2.23. The molecule has 2 aromatic carbocycles. The van der Waals surface area contributed by atoms with Crippen LogP contribution in [0.1, 0.15) is 34.2 Å². The van der Waals surface area contributed by atoms with Gasteiger partial charge in [0.1, 0.15) is 6.54 Å². The molecule has 0 aliphatic rings. The van der Waals surface area contributed by atoms with Gasteiger partial charge in [0.15, 0.2) is 0 Å². The molecule has 212 valence electrons. The van der Waals surface area contributed by atoms with Crippen LogP contribution in [0.25, 0.3) is 16.9 Å². The van der Waals surface area contributed by atoms with Crippen molar-refractivity contribution in [2.45, 2.75) is 33.0 Å². The minimum Gasteiger partial charge on any atom is -0.478 e. The van der Waals surface area contributed by atoms with E-state index in [9.17, 15) is 37.5 Å². The van der Waals surface area contributed by atoms with Crippen LogP contribution in [-0.4, -0.2) is 36.8 Å². The first-order chi connectivity index (χ1) is 19.3. The van der Waals surface area contributed by atoms with Gasteiger partial charge in [-0.3, -0.25) is 18.8 Å². The third kappa shape index (κ3) is 5.88. The number of carboxylic acid groups (broad SMARTS) is 1. The zero-order valence-corrected chi connectivity index (χ0v) is 21.9. The summed E-state index contributed by atoms with van der Waals surface area (Å²) in [5.74, 6) is -2.24. The van der Waals surface area contributed by atoms with Crippen molar-refractivity contribution in [1.82, 2.24) is 14.0 Å². The summed E-state index contributed by atoms with van der Waals surface area (Å²) < 4.78 is 41.2. The summed E-state index contributed by atoms with van der Waals surface area (Å²) in [5, 5.41) is 14.5. The van der Waals surface area contributed by atoms with Crippen molar-refractivity contribution in [2.24, 2.45) is 0 Å². The predicted octanol–water partition coefficient (Wildman–Crippen LogP) is 4.51. The highest BCUT2D eigenvalue weighted by molar-refractivity contribution is 6.03. The van der Waals surface area contributed by atoms with Gasteiger partial charge in [0, 0.05) is 28.8 Å². The summed E-state index contributed by atoms with van der Waals surface area (Å²) in [5.41, 5.74) is -0.0259. The second-order valence-corrected chi connectivity index (χ2v) is 9.00. The van der Waals surface area contributed by atoms with Crippen molar-refractivity contribution in [1.29, 1.82) is 0 Å². The van der Waals surface area contributed by atoms with E-state index in [2.05, 4.69) is 22.2 Å². The molecule has 2 aromatic heterocycles. The van der Waals surface area contributed by atoms with Crippen LogP contribution in [0.2, 0.25) is 0 Å². The fourth-order valence-electron chi connectivity index (χ4n) is 4.28. The van der Waals surface area contributed by atoms with E-state index in [0.29, 0.717) is 11.4 Å². The van der Waals surface area contributed by atoms with Crippen molar-refractivity contribution in [3.05, 3.63) is 94.2 Å². The molecule has 0 atom stereocenters. The van der Waals surface area contributed by atoms with E-state index in [1.165, 1.54) is 33.4 Å². The molecule has 0 radical (unpaired) electrons. The number of hydrogen-bond acceptors (Lipinski definition) is 5. The van der Waals surface area contributed by atoms with E-state index in [-0.39, 0.29) is 46.8 Å². The highest BCUT2D eigenvalue weighted by Gasteiger charge is 2.30. The molecule has 0 fully saturated rings. The Morgan fingerprint density at radius 3 is 2.37 bits per heavy atom. The molecule has 0 aliphatic carbocycles. The van der Waals surface area contributed by atoms with Crippen molar-refractivity contribution in [3.8, 4) is 11.1 Å². The van der Waals surface area contributed by atoms with Crippen molar-refractivity contribution in [3.63, 3.8) is 0 Å². The predicted molar refractivity (Wildman–Crippen MR) is 145 cm³/mol. The number of nitrogens with one attached hydrogen (secondary N) is 2. The highest BCUT2D eigenvalue weighted by atomic mass is 19.4. The smallest absolute Gasteiger partial charge is 0.416 e. The van der Waals surface area contributed by atoms with Gasteiger partial charge in [-0.25, -0.2) is 9.78 Å². The van der Waals surface area contributed by atoms with Gasteiger partial charge >= 0.3 is 12.1 Å². The molecule has 4 aromatic rings. The number of imidazole rings is 1. The average Bonchev–Trinajstić information content (AvgIpc) is 3.23. The molecule has 0 aliphatic heterocycles. The van der Waals surface area contributed by atoms with Crippen LogP contribution in [0.5, 0.6) is 0 Å². The van der Waals surface area contributed by atoms with Gasteiger partial charge < -0.3 is 20.3 Å². The number of aromatic nitrogens is 3. The van der Waals surface area contributed by atoms with Crippen LogP contribution in [0.15, 0.2) is 66.1 Å².